The van der Waals surface area contributed by atoms with Crippen molar-refractivity contribution in [2.24, 2.45) is 5.92 Å². The Bertz CT molecular complexity index is 312. The summed E-state index contributed by atoms with van der Waals surface area (Å²) in [5.74, 6) is -0.952. The number of ether oxygens (including phenoxy) is 1. The highest BCUT2D eigenvalue weighted by atomic mass is 32.2. The highest BCUT2D eigenvalue weighted by Crippen LogP contribution is 2.02. The number of nitrogens with zero attached hydrogens (tertiary/aromatic N) is 1. The number of hydrogen-bond acceptors (Lipinski definition) is 6. The first kappa shape index (κ1) is 15.3. The predicted molar refractivity (Wildman–Crippen MR) is 55.5 cm³/mol. The first-order valence-electron chi connectivity index (χ1n) is 4.66. The van der Waals surface area contributed by atoms with Crippen LogP contribution in [-0.4, -0.2) is 50.8 Å². The van der Waals surface area contributed by atoms with E-state index < -0.39 is 22.9 Å². The summed E-state index contributed by atoms with van der Waals surface area (Å²) < 4.78 is 32.4. The van der Waals surface area contributed by atoms with Crippen LogP contribution in [0.3, 0.4) is 0 Å². The molecule has 0 aliphatic heterocycles. The number of carbonyl (C=O) groups is 1. The van der Waals surface area contributed by atoms with Crippen LogP contribution in [0.25, 0.3) is 0 Å². The zero-order chi connectivity index (χ0) is 12.8. The third kappa shape index (κ3) is 6.01. The molecule has 0 unspecified atom stereocenters. The number of carbonyl (C=O) groups excluding carboxylic acids is 1. The molecule has 0 bridgehead atoms. The molecule has 0 fully saturated rings. The van der Waals surface area contributed by atoms with Crippen LogP contribution in [0.4, 0.5) is 0 Å². The van der Waals surface area contributed by atoms with Gasteiger partial charge in [0.1, 0.15) is 13.3 Å². The largest absolute Gasteiger partial charge is 0.389 e. The number of rotatable bonds is 7. The van der Waals surface area contributed by atoms with Crippen molar-refractivity contribution in [3.63, 3.8) is 0 Å². The van der Waals surface area contributed by atoms with Gasteiger partial charge in [-0.05, 0) is 5.92 Å². The van der Waals surface area contributed by atoms with E-state index in [9.17, 15) is 13.2 Å². The van der Waals surface area contributed by atoms with Gasteiger partial charge in [-0.3, -0.25) is 0 Å². The Morgan fingerprint density at radius 2 is 2.00 bits per heavy atom. The first-order chi connectivity index (χ1) is 7.29. The number of aliphatic hydroxyl groups is 1. The topological polar surface area (TPSA) is 93.1 Å². The normalized spacial score (nSPS) is 12.1. The van der Waals surface area contributed by atoms with Crippen LogP contribution in [0.1, 0.15) is 13.8 Å². The summed E-state index contributed by atoms with van der Waals surface area (Å²) in [4.78, 5) is 10.6. The van der Waals surface area contributed by atoms with Gasteiger partial charge in [-0.25, -0.2) is 4.79 Å². The van der Waals surface area contributed by atoms with E-state index in [0.29, 0.717) is 6.61 Å². The maximum absolute atomic E-state index is 11.3. The zero-order valence-corrected chi connectivity index (χ0v) is 10.4. The van der Waals surface area contributed by atoms with Gasteiger partial charge >= 0.3 is 16.3 Å². The predicted octanol–water partition coefficient (Wildman–Crippen LogP) is -0.671. The van der Waals surface area contributed by atoms with Gasteiger partial charge in [0.2, 0.25) is 0 Å². The fourth-order valence-corrected chi connectivity index (χ4v) is 1.31. The second kappa shape index (κ2) is 6.79. The van der Waals surface area contributed by atoms with Crippen molar-refractivity contribution in [3.05, 3.63) is 0 Å². The Hall–Kier alpha value is -0.700. The second-order valence-electron chi connectivity index (χ2n) is 3.56. The minimum atomic E-state index is -4.17. The van der Waals surface area contributed by atoms with Gasteiger partial charge in [-0.2, -0.15) is 8.42 Å². The van der Waals surface area contributed by atoms with E-state index in [1.54, 1.807) is 0 Å². The smallest absolute Gasteiger partial charge is 0.385 e. The van der Waals surface area contributed by atoms with Crippen LogP contribution >= 0.6 is 0 Å². The average Bonchev–Trinajstić information content (AvgIpc) is 2.16. The molecule has 0 aliphatic rings. The molecule has 0 amide bonds. The van der Waals surface area contributed by atoms with Gasteiger partial charge in [0.25, 0.3) is 0 Å². The number of hydrogen-bond donors (Lipinski definition) is 1. The maximum atomic E-state index is 11.3. The minimum absolute atomic E-state index is 0.209. The van der Waals surface area contributed by atoms with Crippen LogP contribution in [0.5, 0.6) is 0 Å². The molecular weight excluding hydrogens is 238 g/mol. The summed E-state index contributed by atoms with van der Waals surface area (Å²) in [5, 5.41) is 8.34. The molecule has 0 rings (SSSR count). The Kier molecular flexibility index (Phi) is 6.49. The molecule has 0 atom stereocenters. The van der Waals surface area contributed by atoms with E-state index in [-0.39, 0.29) is 12.6 Å². The van der Waals surface area contributed by atoms with Crippen molar-refractivity contribution in [3.8, 4) is 0 Å². The molecule has 96 valence electrons. The quantitative estimate of drug-likeness (QED) is 0.606. The summed E-state index contributed by atoms with van der Waals surface area (Å²) in [6, 6.07) is 0. The second-order valence-corrected chi connectivity index (χ2v) is 5.21. The fourth-order valence-electron chi connectivity index (χ4n) is 0.689. The van der Waals surface area contributed by atoms with Crippen molar-refractivity contribution in [1.82, 2.24) is 4.31 Å². The summed E-state index contributed by atoms with van der Waals surface area (Å²) >= 11 is 0. The van der Waals surface area contributed by atoms with Crippen LogP contribution in [0, 0.1) is 5.92 Å². The maximum Gasteiger partial charge on any atom is 0.389 e. The minimum Gasteiger partial charge on any atom is -0.385 e. The van der Waals surface area contributed by atoms with E-state index in [2.05, 4.69) is 4.18 Å². The summed E-state index contributed by atoms with van der Waals surface area (Å²) in [5.41, 5.74) is 0. The third-order valence-electron chi connectivity index (χ3n) is 1.43. The van der Waals surface area contributed by atoms with Crippen molar-refractivity contribution in [2.75, 3.05) is 27.0 Å². The fraction of sp³-hybridized carbons (Fsp3) is 0.875. The molecule has 0 radical (unpaired) electrons. The zero-order valence-electron chi connectivity index (χ0n) is 9.54. The van der Waals surface area contributed by atoms with Crippen LogP contribution < -0.4 is 0 Å². The van der Waals surface area contributed by atoms with Gasteiger partial charge in [-0.1, -0.05) is 13.8 Å². The van der Waals surface area contributed by atoms with Gasteiger partial charge in [-0.15, -0.1) is 4.31 Å². The summed E-state index contributed by atoms with van der Waals surface area (Å²) in [6.07, 6.45) is 0. The van der Waals surface area contributed by atoms with E-state index in [0.717, 1.165) is 4.31 Å². The molecule has 0 aliphatic carbocycles. The van der Waals surface area contributed by atoms with Gasteiger partial charge in [0.15, 0.2) is 0 Å². The highest BCUT2D eigenvalue weighted by Gasteiger charge is 2.22. The molecule has 0 heterocycles. The molecule has 0 saturated carbocycles. The van der Waals surface area contributed by atoms with Crippen LogP contribution in [0.2, 0.25) is 0 Å². The van der Waals surface area contributed by atoms with Gasteiger partial charge in [0, 0.05) is 7.05 Å². The van der Waals surface area contributed by atoms with E-state index in [1.165, 1.54) is 7.05 Å². The molecule has 7 nitrogen and oxygen atoms in total. The lowest BCUT2D eigenvalue weighted by molar-refractivity contribution is -0.137. The molecule has 0 aromatic heterocycles. The Morgan fingerprint density at radius 1 is 1.44 bits per heavy atom. The van der Waals surface area contributed by atoms with Crippen molar-refractivity contribution in [2.45, 2.75) is 13.8 Å². The standard InChI is InChI=1S/C8H17NO6S/c1-7(2)5-14-6-9(3)16(12,13)15-8(11)4-10/h7,10H,4-6H2,1-3H3. The Labute approximate surface area is 95.2 Å². The third-order valence-corrected chi connectivity index (χ3v) is 2.70. The van der Waals surface area contributed by atoms with Crippen molar-refractivity contribution >= 4 is 16.3 Å². The van der Waals surface area contributed by atoms with E-state index in [1.807, 2.05) is 13.8 Å². The Morgan fingerprint density at radius 3 is 2.44 bits per heavy atom. The van der Waals surface area contributed by atoms with Crippen LogP contribution in [0.15, 0.2) is 0 Å². The highest BCUT2D eigenvalue weighted by molar-refractivity contribution is 7.84. The average molecular weight is 255 g/mol. The molecule has 0 spiro atoms. The van der Waals surface area contributed by atoms with E-state index in [4.69, 9.17) is 9.84 Å². The number of aliphatic hydroxyl groups excluding tert-OH is 1. The molecule has 16 heavy (non-hydrogen) atoms. The SMILES string of the molecule is CC(C)COCN(C)S(=O)(=O)OC(=O)CO. The molecule has 1 N–H and O–H groups in total. The molecule has 0 saturated heterocycles. The molecule has 0 aromatic rings. The lowest BCUT2D eigenvalue weighted by Gasteiger charge is -2.16. The van der Waals surface area contributed by atoms with Gasteiger partial charge < -0.3 is 14.0 Å². The lowest BCUT2D eigenvalue weighted by atomic mass is 10.2. The molecular formula is C8H17NO6S. The monoisotopic (exact) mass is 255 g/mol. The van der Waals surface area contributed by atoms with Crippen molar-refractivity contribution in [1.29, 1.82) is 0 Å². The van der Waals surface area contributed by atoms with Gasteiger partial charge in [0.05, 0.1) is 6.61 Å². The van der Waals surface area contributed by atoms with E-state index >= 15 is 0 Å². The summed E-state index contributed by atoms with van der Waals surface area (Å²) in [6.45, 7) is 3.04. The first-order valence-corrected chi connectivity index (χ1v) is 6.03. The Balaban J connectivity index is 4.15. The summed E-state index contributed by atoms with van der Waals surface area (Å²) in [7, 11) is -2.96. The van der Waals surface area contributed by atoms with Crippen molar-refractivity contribution < 1.29 is 27.2 Å². The van der Waals surface area contributed by atoms with Crippen LogP contribution in [-0.2, 0) is 24.0 Å². The lowest BCUT2D eigenvalue weighted by Crippen LogP contribution is -2.33. The molecule has 8 heteroatoms. The molecule has 0 aromatic carbocycles.